The normalized spacial score (nSPS) is 16.6. The summed E-state index contributed by atoms with van der Waals surface area (Å²) < 4.78 is 6.63. The Labute approximate surface area is 263 Å². The molecule has 0 bridgehead atoms. The van der Waals surface area contributed by atoms with Gasteiger partial charge in [0, 0.05) is 0 Å². The number of nitrogens with zero attached hydrogens (tertiary/aromatic N) is 2. The Morgan fingerprint density at radius 2 is 1.20 bits per heavy atom. The number of nitrogens with one attached hydrogen (secondary N) is 2. The van der Waals surface area contributed by atoms with Crippen molar-refractivity contribution in [3.63, 3.8) is 0 Å². The third kappa shape index (κ3) is 6.05. The van der Waals surface area contributed by atoms with Gasteiger partial charge in [-0.1, -0.05) is 30.3 Å². The first-order chi connectivity index (χ1) is 21.5. The Morgan fingerprint density at radius 3 is 1.73 bits per heavy atom. The van der Waals surface area contributed by atoms with Crippen LogP contribution in [0.15, 0.2) is 156 Å². The van der Waals surface area contributed by atoms with E-state index in [0.717, 1.165) is 27.9 Å². The molecule has 1 heterocycles. The molecule has 0 aromatic heterocycles. The van der Waals surface area contributed by atoms with E-state index in [1.165, 1.54) is 5.56 Å². The molecule has 44 heavy (non-hydrogen) atoms. The summed E-state index contributed by atoms with van der Waals surface area (Å²) in [5.74, 6) is -1.91. The van der Waals surface area contributed by atoms with Gasteiger partial charge in [0.2, 0.25) is 0 Å². The predicted octanol–water partition coefficient (Wildman–Crippen LogP) is 5.81. The number of rotatable bonds is 10. The van der Waals surface area contributed by atoms with Crippen LogP contribution < -0.4 is 37.0 Å². The van der Waals surface area contributed by atoms with Crippen molar-refractivity contribution in [2.75, 3.05) is 12.9 Å². The van der Waals surface area contributed by atoms with Crippen molar-refractivity contribution in [3.8, 4) is 5.75 Å². The Morgan fingerprint density at radius 1 is 0.705 bits per heavy atom. The molecule has 0 fully saturated rings. The summed E-state index contributed by atoms with van der Waals surface area (Å²) >= 11 is 8.13. The van der Waals surface area contributed by atoms with Crippen LogP contribution in [0.1, 0.15) is 17.3 Å². The second-order valence-corrected chi connectivity index (χ2v) is 17.1. The maximum absolute atomic E-state index is 8.13. The van der Waals surface area contributed by atoms with E-state index < -0.39 is 5.96 Å². The van der Waals surface area contributed by atoms with Crippen molar-refractivity contribution in [2.45, 2.75) is 12.6 Å². The minimum absolute atomic E-state index is 0.291. The van der Waals surface area contributed by atoms with Gasteiger partial charge in [-0.05, 0) is 5.56 Å². The molecule has 1 aliphatic rings. The molecule has 6 rings (SSSR count). The summed E-state index contributed by atoms with van der Waals surface area (Å²) in [6, 6.07) is 49.1. The van der Waals surface area contributed by atoms with E-state index >= 15 is 0 Å². The Hall–Kier alpha value is -4.64. The second-order valence-electron chi connectivity index (χ2n) is 10.7. The molecule has 222 valence electrons. The van der Waals surface area contributed by atoms with Crippen LogP contribution in [0.25, 0.3) is 0 Å². The first-order valence-corrected chi connectivity index (χ1v) is 17.9. The van der Waals surface area contributed by atoms with Gasteiger partial charge in [-0.2, -0.15) is 0 Å². The number of halogens is 1. The molecule has 0 amide bonds. The zero-order valence-corrected chi connectivity index (χ0v) is 25.9. The van der Waals surface area contributed by atoms with E-state index in [1.807, 2.05) is 97.1 Å². The van der Waals surface area contributed by atoms with Crippen LogP contribution in [0, 0.1) is 0 Å². The Bertz CT molecular complexity index is 1630. The SMILES string of the molecule is NC1=NC(c2ccc(OCP(Cl)(c3ccccc3)(c3ccccc3)c3ccccc3)cc2)NC(=NCCc2ccccc2)N1. The van der Waals surface area contributed by atoms with Crippen molar-refractivity contribution in [1.29, 1.82) is 0 Å². The topological polar surface area (TPSA) is 84.0 Å². The first kappa shape index (κ1) is 29.4. The third-order valence-electron chi connectivity index (χ3n) is 7.85. The van der Waals surface area contributed by atoms with E-state index in [4.69, 9.17) is 21.7 Å². The Kier molecular flexibility index (Phi) is 8.65. The predicted molar refractivity (Wildman–Crippen MR) is 186 cm³/mol. The number of benzene rings is 5. The van der Waals surface area contributed by atoms with Crippen LogP contribution in [0.3, 0.4) is 0 Å². The molecule has 5 aromatic carbocycles. The minimum atomic E-state index is -3.55. The van der Waals surface area contributed by atoms with E-state index in [1.54, 1.807) is 0 Å². The van der Waals surface area contributed by atoms with Crippen molar-refractivity contribution in [3.05, 3.63) is 157 Å². The molecule has 5 aromatic rings. The van der Waals surface area contributed by atoms with Gasteiger partial charge in [0.05, 0.1) is 0 Å². The molecule has 0 saturated heterocycles. The molecule has 0 saturated carbocycles. The van der Waals surface area contributed by atoms with Gasteiger partial charge in [0.1, 0.15) is 0 Å². The number of aliphatic imine (C=N–C) groups is 2. The monoisotopic (exact) mass is 619 g/mol. The molecular formula is C36H35ClN5OP. The van der Waals surface area contributed by atoms with Crippen LogP contribution in [0.2, 0.25) is 0 Å². The van der Waals surface area contributed by atoms with Gasteiger partial charge in [-0.25, -0.2) is 0 Å². The van der Waals surface area contributed by atoms with E-state index in [0.29, 0.717) is 30.6 Å². The Balaban J connectivity index is 1.24. The van der Waals surface area contributed by atoms with E-state index in [-0.39, 0.29) is 6.17 Å². The van der Waals surface area contributed by atoms with Gasteiger partial charge in [0.15, 0.2) is 0 Å². The van der Waals surface area contributed by atoms with Crippen molar-refractivity contribution in [1.82, 2.24) is 10.6 Å². The molecule has 0 radical (unpaired) electrons. The number of guanidine groups is 2. The average molecular weight is 620 g/mol. The zero-order chi connectivity index (χ0) is 30.3. The molecule has 1 atom stereocenters. The number of hydrogen-bond donors (Lipinski definition) is 3. The summed E-state index contributed by atoms with van der Waals surface area (Å²) in [5, 5.41) is 9.54. The molecular weight excluding hydrogens is 585 g/mol. The summed E-state index contributed by atoms with van der Waals surface area (Å²) in [6.07, 6.45) is 0.757. The summed E-state index contributed by atoms with van der Waals surface area (Å²) in [5.41, 5.74) is 8.30. The van der Waals surface area contributed by atoms with Gasteiger partial charge in [0.25, 0.3) is 0 Å². The molecule has 4 N–H and O–H groups in total. The summed E-state index contributed by atoms with van der Waals surface area (Å²) in [4.78, 5) is 9.22. The van der Waals surface area contributed by atoms with Gasteiger partial charge < -0.3 is 0 Å². The third-order valence-corrected chi connectivity index (χ3v) is 14.6. The molecule has 0 spiro atoms. The first-order valence-electron chi connectivity index (χ1n) is 14.6. The fourth-order valence-corrected chi connectivity index (χ4v) is 10.8. The fraction of sp³-hybridized carbons (Fsp3) is 0.111. The maximum atomic E-state index is 8.13. The van der Waals surface area contributed by atoms with E-state index in [2.05, 4.69) is 69.1 Å². The quantitative estimate of drug-likeness (QED) is 0.172. The van der Waals surface area contributed by atoms with Crippen molar-refractivity contribution in [2.24, 2.45) is 15.7 Å². The van der Waals surface area contributed by atoms with Crippen LogP contribution in [-0.2, 0) is 6.42 Å². The van der Waals surface area contributed by atoms with Crippen molar-refractivity contribution < 1.29 is 4.74 Å². The standard InChI is InChI=1S/C36H35ClN5OP/c37-44(31-15-7-2-8-16-31,32-17-9-3-10-18-32,33-19-11-4-12-20-33)27-43-30-23-21-29(22-24-30)34-40-35(38)42-36(41-34)39-26-25-28-13-5-1-6-14-28/h1-24,34H,25-27H2,(H4,38,39,40,41,42). The molecule has 0 aliphatic carbocycles. The fourth-order valence-electron chi connectivity index (χ4n) is 5.50. The van der Waals surface area contributed by atoms with Crippen LogP contribution in [-0.4, -0.2) is 24.8 Å². The van der Waals surface area contributed by atoms with Gasteiger partial charge in [-0.15, -0.1) is 0 Å². The van der Waals surface area contributed by atoms with Crippen molar-refractivity contribution >= 4 is 45.0 Å². The van der Waals surface area contributed by atoms with Crippen LogP contribution in [0.5, 0.6) is 5.75 Å². The van der Waals surface area contributed by atoms with Crippen LogP contribution in [0.4, 0.5) is 0 Å². The van der Waals surface area contributed by atoms with E-state index in [9.17, 15) is 0 Å². The van der Waals surface area contributed by atoms with Gasteiger partial charge in [-0.3, -0.25) is 0 Å². The number of ether oxygens (including phenoxy) is 1. The molecule has 6 nitrogen and oxygen atoms in total. The van der Waals surface area contributed by atoms with Gasteiger partial charge >= 0.3 is 228 Å². The molecule has 1 aliphatic heterocycles. The van der Waals surface area contributed by atoms with Crippen LogP contribution >= 0.6 is 17.2 Å². The average Bonchev–Trinajstić information content (AvgIpc) is 3.09. The summed E-state index contributed by atoms with van der Waals surface area (Å²) in [7, 11) is 0. The number of hydrogen-bond acceptors (Lipinski definition) is 4. The summed E-state index contributed by atoms with van der Waals surface area (Å²) in [6.45, 7) is 0.626. The zero-order valence-electron chi connectivity index (χ0n) is 24.3. The number of nitrogens with two attached hydrogens (primary N) is 1. The second kappa shape index (κ2) is 12.9. The molecule has 8 heteroatoms. The molecule has 1 unspecified atom stereocenters.